The van der Waals surface area contributed by atoms with E-state index in [1.54, 1.807) is 37.3 Å². The van der Waals surface area contributed by atoms with Gasteiger partial charge in [-0.2, -0.15) is 0 Å². The van der Waals surface area contributed by atoms with E-state index in [1.165, 1.54) is 12.1 Å². The summed E-state index contributed by atoms with van der Waals surface area (Å²) in [4.78, 5) is 18.3. The van der Waals surface area contributed by atoms with Crippen molar-refractivity contribution in [2.24, 2.45) is 0 Å². The molecular weight excluding hydrogens is 333 g/mol. The number of rotatable bonds is 3. The molecule has 0 radical (unpaired) electrons. The predicted molar refractivity (Wildman–Crippen MR) is 98.0 cm³/mol. The third-order valence-corrected chi connectivity index (χ3v) is 4.81. The van der Waals surface area contributed by atoms with Gasteiger partial charge in [-0.25, -0.2) is 4.39 Å². The summed E-state index contributed by atoms with van der Waals surface area (Å²) in [5.41, 5.74) is 4.23. The molecule has 1 aromatic heterocycles. The summed E-state index contributed by atoms with van der Waals surface area (Å²) in [6, 6.07) is 8.31. The van der Waals surface area contributed by atoms with Crippen LogP contribution >= 0.6 is 0 Å². The van der Waals surface area contributed by atoms with Gasteiger partial charge in [-0.05, 0) is 35.7 Å². The molecule has 3 aromatic rings. The highest BCUT2D eigenvalue weighted by Gasteiger charge is 2.32. The number of nitrogens with one attached hydrogen (secondary N) is 1. The van der Waals surface area contributed by atoms with Crippen LogP contribution in [0.5, 0.6) is 5.75 Å². The lowest BCUT2D eigenvalue weighted by Gasteiger charge is -2.14. The van der Waals surface area contributed by atoms with Crippen LogP contribution in [-0.2, 0) is 13.0 Å². The molecule has 1 aliphatic rings. The Balaban J connectivity index is 1.86. The molecule has 2 heterocycles. The normalized spacial score (nSPS) is 13.3. The Bertz CT molecular complexity index is 1030. The van der Waals surface area contributed by atoms with Crippen molar-refractivity contribution >= 4 is 22.5 Å². The predicted octanol–water partition coefficient (Wildman–Crippen LogP) is 3.30. The highest BCUT2D eigenvalue weighted by atomic mass is 19.1. The van der Waals surface area contributed by atoms with Gasteiger partial charge in [0.15, 0.2) is 5.75 Å². The largest absolute Gasteiger partial charge is 0.505 e. The number of benzene rings is 2. The van der Waals surface area contributed by atoms with Crippen LogP contribution in [-0.4, -0.2) is 35.0 Å². The Labute approximate surface area is 150 Å². The van der Waals surface area contributed by atoms with E-state index >= 15 is 0 Å². The summed E-state index contributed by atoms with van der Waals surface area (Å²) in [6.07, 6.45) is 2.28. The number of aromatic nitrogens is 1. The Kier molecular flexibility index (Phi) is 3.76. The number of carbonyl (C=O) groups is 1. The molecule has 0 atom stereocenters. The number of anilines is 1. The number of hydrogen-bond donors (Lipinski definition) is 2. The fraction of sp³-hybridized carbons (Fsp3) is 0.200. The summed E-state index contributed by atoms with van der Waals surface area (Å²) in [7, 11) is 3.50. The van der Waals surface area contributed by atoms with Crippen molar-refractivity contribution in [2.45, 2.75) is 13.0 Å². The zero-order valence-corrected chi connectivity index (χ0v) is 14.5. The number of phenolic OH excluding ortho intramolecular Hbond substituents is 1. The molecule has 1 aliphatic heterocycles. The van der Waals surface area contributed by atoms with Crippen LogP contribution in [0, 0.1) is 5.82 Å². The van der Waals surface area contributed by atoms with E-state index in [0.717, 1.165) is 27.8 Å². The number of pyridine rings is 1. The summed E-state index contributed by atoms with van der Waals surface area (Å²) < 4.78 is 13.1. The number of carbonyl (C=O) groups excluding carboxylic acids is 1. The van der Waals surface area contributed by atoms with Crippen molar-refractivity contribution in [3.8, 4) is 5.75 Å². The SMILES string of the molecule is CNc1c2c(c(O)c3ncc(Cc4ccc(F)cc4)cc13)C(=O)N(C)C2. The van der Waals surface area contributed by atoms with Crippen molar-refractivity contribution < 1.29 is 14.3 Å². The topological polar surface area (TPSA) is 65.5 Å². The first-order valence-corrected chi connectivity index (χ1v) is 8.33. The maximum atomic E-state index is 13.1. The zero-order valence-electron chi connectivity index (χ0n) is 14.5. The maximum absolute atomic E-state index is 13.1. The standard InChI is InChI=1S/C20H18FN3O2/c1-22-17-14-8-12(7-11-3-5-13(21)6-4-11)9-23-18(14)19(25)16-15(17)10-24(2)20(16)26/h3-6,8-9,22,25H,7,10H2,1-2H3. The van der Waals surface area contributed by atoms with Crippen molar-refractivity contribution in [1.82, 2.24) is 9.88 Å². The lowest BCUT2D eigenvalue weighted by atomic mass is 9.98. The van der Waals surface area contributed by atoms with Crippen molar-refractivity contribution in [3.05, 3.63) is 64.6 Å². The van der Waals surface area contributed by atoms with Gasteiger partial charge >= 0.3 is 0 Å². The van der Waals surface area contributed by atoms with Gasteiger partial charge in [-0.1, -0.05) is 12.1 Å². The molecule has 0 saturated carbocycles. The number of aromatic hydroxyl groups is 1. The lowest BCUT2D eigenvalue weighted by Crippen LogP contribution is -2.17. The average Bonchev–Trinajstić information content (AvgIpc) is 2.92. The molecule has 4 rings (SSSR count). The molecule has 0 fully saturated rings. The first-order valence-electron chi connectivity index (χ1n) is 8.33. The quantitative estimate of drug-likeness (QED) is 0.711. The number of halogens is 1. The minimum atomic E-state index is -0.267. The number of amides is 1. The molecule has 2 aromatic carbocycles. The van der Waals surface area contributed by atoms with Gasteiger partial charge in [-0.15, -0.1) is 0 Å². The van der Waals surface area contributed by atoms with Crippen molar-refractivity contribution in [1.29, 1.82) is 0 Å². The Hall–Kier alpha value is -3.15. The number of phenols is 1. The van der Waals surface area contributed by atoms with Crippen LogP contribution in [0.4, 0.5) is 10.1 Å². The van der Waals surface area contributed by atoms with Crippen LogP contribution in [0.15, 0.2) is 36.5 Å². The molecule has 6 heteroatoms. The second-order valence-corrected chi connectivity index (χ2v) is 6.53. The van der Waals surface area contributed by atoms with Crippen molar-refractivity contribution in [3.63, 3.8) is 0 Å². The zero-order chi connectivity index (χ0) is 18.4. The van der Waals surface area contributed by atoms with Gasteiger partial charge in [0, 0.05) is 43.5 Å². The molecule has 2 N–H and O–H groups in total. The second-order valence-electron chi connectivity index (χ2n) is 6.53. The number of fused-ring (bicyclic) bond motifs is 2. The first-order chi connectivity index (χ1) is 12.5. The van der Waals surface area contributed by atoms with Crippen LogP contribution < -0.4 is 5.32 Å². The first kappa shape index (κ1) is 16.3. The Morgan fingerprint density at radius 3 is 2.69 bits per heavy atom. The fourth-order valence-electron chi connectivity index (χ4n) is 3.54. The molecule has 0 spiro atoms. The molecule has 26 heavy (non-hydrogen) atoms. The van der Waals surface area contributed by atoms with Crippen LogP contribution in [0.3, 0.4) is 0 Å². The highest BCUT2D eigenvalue weighted by Crippen LogP contribution is 2.42. The van der Waals surface area contributed by atoms with Gasteiger partial charge in [0.05, 0.1) is 5.56 Å². The minimum Gasteiger partial charge on any atom is -0.505 e. The average molecular weight is 351 g/mol. The van der Waals surface area contributed by atoms with Gasteiger partial charge in [0.2, 0.25) is 0 Å². The maximum Gasteiger partial charge on any atom is 0.258 e. The monoisotopic (exact) mass is 351 g/mol. The second kappa shape index (κ2) is 5.98. The van der Waals surface area contributed by atoms with E-state index in [-0.39, 0.29) is 17.5 Å². The molecule has 1 amide bonds. The Morgan fingerprint density at radius 2 is 2.00 bits per heavy atom. The summed E-state index contributed by atoms with van der Waals surface area (Å²) in [5.74, 6) is -0.540. The van der Waals surface area contributed by atoms with Crippen LogP contribution in [0.25, 0.3) is 10.9 Å². The van der Waals surface area contributed by atoms with Gasteiger partial charge < -0.3 is 15.3 Å². The lowest BCUT2D eigenvalue weighted by molar-refractivity contribution is 0.0814. The molecule has 132 valence electrons. The molecule has 0 saturated heterocycles. The van der Waals surface area contributed by atoms with E-state index in [1.807, 2.05) is 6.07 Å². The summed E-state index contributed by atoms with van der Waals surface area (Å²) >= 11 is 0. The smallest absolute Gasteiger partial charge is 0.258 e. The van der Waals surface area contributed by atoms with Crippen LogP contribution in [0.2, 0.25) is 0 Å². The van der Waals surface area contributed by atoms with E-state index in [2.05, 4.69) is 10.3 Å². The van der Waals surface area contributed by atoms with E-state index in [0.29, 0.717) is 24.0 Å². The minimum absolute atomic E-state index is 0.0725. The van der Waals surface area contributed by atoms with Gasteiger partial charge in [0.1, 0.15) is 11.3 Å². The van der Waals surface area contributed by atoms with E-state index in [9.17, 15) is 14.3 Å². The van der Waals surface area contributed by atoms with Gasteiger partial charge in [-0.3, -0.25) is 9.78 Å². The Morgan fingerprint density at radius 1 is 1.27 bits per heavy atom. The van der Waals surface area contributed by atoms with Crippen molar-refractivity contribution in [2.75, 3.05) is 19.4 Å². The number of hydrogen-bond acceptors (Lipinski definition) is 4. The molecule has 0 aliphatic carbocycles. The molecule has 0 bridgehead atoms. The van der Waals surface area contributed by atoms with Crippen LogP contribution in [0.1, 0.15) is 27.0 Å². The number of nitrogens with zero attached hydrogens (tertiary/aromatic N) is 2. The molecule has 0 unspecified atom stereocenters. The third-order valence-electron chi connectivity index (χ3n) is 4.81. The molecule has 5 nitrogen and oxygen atoms in total. The highest BCUT2D eigenvalue weighted by molar-refractivity contribution is 6.11. The molecular formula is C20H18FN3O2. The fourth-order valence-corrected chi connectivity index (χ4v) is 3.54. The van der Waals surface area contributed by atoms with E-state index < -0.39 is 0 Å². The van der Waals surface area contributed by atoms with Gasteiger partial charge in [0.25, 0.3) is 5.91 Å². The third kappa shape index (κ3) is 2.45. The summed E-state index contributed by atoms with van der Waals surface area (Å²) in [6.45, 7) is 0.441. The summed E-state index contributed by atoms with van der Waals surface area (Å²) in [5, 5.41) is 14.5. The van der Waals surface area contributed by atoms with E-state index in [4.69, 9.17) is 0 Å².